The zero-order valence-electron chi connectivity index (χ0n) is 6.84. The fourth-order valence-electron chi connectivity index (χ4n) is 1.82. The Morgan fingerprint density at radius 1 is 1.45 bits per heavy atom. The Morgan fingerprint density at radius 3 is 2.73 bits per heavy atom. The van der Waals surface area contributed by atoms with Crippen LogP contribution in [0.1, 0.15) is 12.8 Å². The molecular formula is C8H16N2O. The van der Waals surface area contributed by atoms with E-state index in [9.17, 15) is 5.11 Å². The van der Waals surface area contributed by atoms with Crippen molar-refractivity contribution in [3.05, 3.63) is 0 Å². The Hall–Kier alpha value is -0.120. The van der Waals surface area contributed by atoms with Gasteiger partial charge in [0, 0.05) is 13.1 Å². The minimum absolute atomic E-state index is 0.416. The highest BCUT2D eigenvalue weighted by Crippen LogP contribution is 2.18. The van der Waals surface area contributed by atoms with Gasteiger partial charge in [-0.25, -0.2) is 0 Å². The van der Waals surface area contributed by atoms with Gasteiger partial charge < -0.3 is 15.3 Å². The number of likely N-dealkylation sites (tertiary alicyclic amines) is 1. The van der Waals surface area contributed by atoms with Crippen molar-refractivity contribution >= 4 is 0 Å². The predicted molar refractivity (Wildman–Crippen MR) is 43.5 cm³/mol. The highest BCUT2D eigenvalue weighted by molar-refractivity contribution is 4.91. The molecule has 2 saturated heterocycles. The van der Waals surface area contributed by atoms with E-state index in [0.29, 0.717) is 0 Å². The van der Waals surface area contributed by atoms with Crippen molar-refractivity contribution in [2.24, 2.45) is 0 Å². The molecule has 2 N–H and O–H groups in total. The maximum atomic E-state index is 9.92. The van der Waals surface area contributed by atoms with Gasteiger partial charge in [0.25, 0.3) is 0 Å². The van der Waals surface area contributed by atoms with Crippen LogP contribution in [0, 0.1) is 0 Å². The van der Waals surface area contributed by atoms with E-state index in [1.807, 2.05) is 0 Å². The van der Waals surface area contributed by atoms with Gasteiger partial charge in [-0.05, 0) is 32.5 Å². The lowest BCUT2D eigenvalue weighted by Gasteiger charge is -2.36. The number of nitrogens with one attached hydrogen (secondary N) is 1. The molecule has 0 aromatic carbocycles. The molecule has 0 amide bonds. The number of nitrogens with zero attached hydrogens (tertiary/aromatic N) is 1. The van der Waals surface area contributed by atoms with Crippen molar-refractivity contribution < 1.29 is 5.11 Å². The predicted octanol–water partition coefficient (Wildman–Crippen LogP) is -0.583. The van der Waals surface area contributed by atoms with E-state index in [1.54, 1.807) is 0 Å². The molecule has 3 heteroatoms. The van der Waals surface area contributed by atoms with E-state index in [4.69, 9.17) is 0 Å². The molecule has 1 unspecified atom stereocenters. The summed E-state index contributed by atoms with van der Waals surface area (Å²) in [6, 6.07) is 0. The van der Waals surface area contributed by atoms with Gasteiger partial charge in [-0.1, -0.05) is 0 Å². The first-order valence-electron chi connectivity index (χ1n) is 4.44. The number of rotatable bonds is 2. The monoisotopic (exact) mass is 156 g/mol. The van der Waals surface area contributed by atoms with Crippen LogP contribution in [0.25, 0.3) is 0 Å². The molecule has 0 aromatic rings. The smallest absolute Gasteiger partial charge is 0.0909 e. The van der Waals surface area contributed by atoms with Gasteiger partial charge >= 0.3 is 0 Å². The average Bonchev–Trinajstić information content (AvgIpc) is 2.29. The molecule has 2 fully saturated rings. The Balaban J connectivity index is 1.82. The molecule has 2 rings (SSSR count). The number of hydrogen-bond acceptors (Lipinski definition) is 3. The second kappa shape index (κ2) is 2.73. The van der Waals surface area contributed by atoms with Gasteiger partial charge in [0.15, 0.2) is 0 Å². The molecule has 0 spiro atoms. The summed E-state index contributed by atoms with van der Waals surface area (Å²) in [5, 5.41) is 13.1. The minimum Gasteiger partial charge on any atom is -0.387 e. The van der Waals surface area contributed by atoms with Gasteiger partial charge in [-0.15, -0.1) is 0 Å². The van der Waals surface area contributed by atoms with Crippen LogP contribution in [-0.2, 0) is 0 Å². The highest BCUT2D eigenvalue weighted by Gasteiger charge is 2.34. The fourth-order valence-corrected chi connectivity index (χ4v) is 1.82. The lowest BCUT2D eigenvalue weighted by Crippen LogP contribution is -2.49. The first-order chi connectivity index (χ1) is 5.29. The molecule has 0 radical (unpaired) electrons. The van der Waals surface area contributed by atoms with Crippen LogP contribution < -0.4 is 5.32 Å². The second-order valence-corrected chi connectivity index (χ2v) is 3.78. The van der Waals surface area contributed by atoms with E-state index < -0.39 is 5.60 Å². The zero-order chi connectivity index (χ0) is 7.73. The standard InChI is InChI=1S/C8H16N2O/c11-8(2-3-9-6-8)7-10-4-1-5-10/h9,11H,1-7H2. The third kappa shape index (κ3) is 1.55. The molecule has 11 heavy (non-hydrogen) atoms. The summed E-state index contributed by atoms with van der Waals surface area (Å²) in [5.74, 6) is 0. The van der Waals surface area contributed by atoms with Crippen LogP contribution in [0.2, 0.25) is 0 Å². The molecule has 1 atom stereocenters. The molecule has 3 nitrogen and oxygen atoms in total. The molecule has 64 valence electrons. The van der Waals surface area contributed by atoms with Crippen LogP contribution in [0.3, 0.4) is 0 Å². The summed E-state index contributed by atoms with van der Waals surface area (Å²) in [5.41, 5.74) is -0.416. The first-order valence-corrected chi connectivity index (χ1v) is 4.44. The molecule has 0 aliphatic carbocycles. The minimum atomic E-state index is -0.416. The molecule has 2 aliphatic rings. The molecule has 2 aliphatic heterocycles. The summed E-state index contributed by atoms with van der Waals surface area (Å²) >= 11 is 0. The summed E-state index contributed by atoms with van der Waals surface area (Å²) in [6.45, 7) is 5.00. The summed E-state index contributed by atoms with van der Waals surface area (Å²) in [4.78, 5) is 2.33. The zero-order valence-corrected chi connectivity index (χ0v) is 6.84. The maximum absolute atomic E-state index is 9.92. The summed E-state index contributed by atoms with van der Waals surface area (Å²) < 4.78 is 0. The van der Waals surface area contributed by atoms with Gasteiger partial charge in [0.2, 0.25) is 0 Å². The molecule has 0 aromatic heterocycles. The van der Waals surface area contributed by atoms with Gasteiger partial charge in [-0.3, -0.25) is 0 Å². The van der Waals surface area contributed by atoms with E-state index >= 15 is 0 Å². The number of hydrogen-bond donors (Lipinski definition) is 2. The molecule has 0 saturated carbocycles. The van der Waals surface area contributed by atoms with Crippen LogP contribution in [0.5, 0.6) is 0 Å². The topological polar surface area (TPSA) is 35.5 Å². The molecule has 0 bridgehead atoms. The van der Waals surface area contributed by atoms with Crippen molar-refractivity contribution in [3.63, 3.8) is 0 Å². The van der Waals surface area contributed by atoms with E-state index in [0.717, 1.165) is 26.1 Å². The third-order valence-electron chi connectivity index (χ3n) is 2.69. The van der Waals surface area contributed by atoms with Crippen molar-refractivity contribution in [3.8, 4) is 0 Å². The second-order valence-electron chi connectivity index (χ2n) is 3.78. The first kappa shape index (κ1) is 7.53. The normalized spacial score (nSPS) is 39.0. The van der Waals surface area contributed by atoms with E-state index in [-0.39, 0.29) is 0 Å². The van der Waals surface area contributed by atoms with Crippen LogP contribution >= 0.6 is 0 Å². The fraction of sp³-hybridized carbons (Fsp3) is 1.00. The van der Waals surface area contributed by atoms with Gasteiger partial charge in [0.05, 0.1) is 5.60 Å². The lowest BCUT2D eigenvalue weighted by molar-refractivity contribution is 0.00227. The average molecular weight is 156 g/mol. The number of aliphatic hydroxyl groups is 1. The Kier molecular flexibility index (Phi) is 1.87. The Morgan fingerprint density at radius 2 is 2.27 bits per heavy atom. The lowest BCUT2D eigenvalue weighted by atomic mass is 10.0. The van der Waals surface area contributed by atoms with Crippen LogP contribution in [-0.4, -0.2) is 48.3 Å². The van der Waals surface area contributed by atoms with Gasteiger partial charge in [-0.2, -0.15) is 0 Å². The van der Waals surface area contributed by atoms with Crippen LogP contribution in [0.15, 0.2) is 0 Å². The molecule has 2 heterocycles. The van der Waals surface area contributed by atoms with E-state index in [2.05, 4.69) is 10.2 Å². The third-order valence-corrected chi connectivity index (χ3v) is 2.69. The van der Waals surface area contributed by atoms with Crippen molar-refractivity contribution in [1.82, 2.24) is 10.2 Å². The maximum Gasteiger partial charge on any atom is 0.0909 e. The summed E-state index contributed by atoms with van der Waals surface area (Å²) in [6.07, 6.45) is 2.23. The largest absolute Gasteiger partial charge is 0.387 e. The Labute approximate surface area is 67.4 Å². The van der Waals surface area contributed by atoms with Crippen molar-refractivity contribution in [2.45, 2.75) is 18.4 Å². The van der Waals surface area contributed by atoms with Crippen LogP contribution in [0.4, 0.5) is 0 Å². The van der Waals surface area contributed by atoms with Gasteiger partial charge in [0.1, 0.15) is 0 Å². The highest BCUT2D eigenvalue weighted by atomic mass is 16.3. The molecular weight excluding hydrogens is 140 g/mol. The quantitative estimate of drug-likeness (QED) is 0.561. The number of β-amino-alcohol motifs (C(OH)–C–C–N with tert-alkyl or cyclic N) is 1. The van der Waals surface area contributed by atoms with E-state index in [1.165, 1.54) is 19.5 Å². The SMILES string of the molecule is OC1(CN2CCC2)CCNC1. The van der Waals surface area contributed by atoms with Crippen molar-refractivity contribution in [2.75, 3.05) is 32.7 Å². The van der Waals surface area contributed by atoms with Crippen molar-refractivity contribution in [1.29, 1.82) is 0 Å². The summed E-state index contributed by atoms with van der Waals surface area (Å²) in [7, 11) is 0. The Bertz CT molecular complexity index is 139.